The van der Waals surface area contributed by atoms with Gasteiger partial charge in [-0.25, -0.2) is 4.79 Å². The lowest BCUT2D eigenvalue weighted by Gasteiger charge is -2.33. The van der Waals surface area contributed by atoms with Crippen LogP contribution in [0.4, 0.5) is 4.79 Å². The SMILES string of the molecule is Cc1cccc(SC2CCN(C(=O)CN3C(=O)CCNC3=O)CC2)c1. The molecule has 6 nitrogen and oxygen atoms in total. The van der Waals surface area contributed by atoms with Gasteiger partial charge in [-0.05, 0) is 31.9 Å². The van der Waals surface area contributed by atoms with Gasteiger partial charge < -0.3 is 10.2 Å². The van der Waals surface area contributed by atoms with Crippen molar-refractivity contribution in [3.05, 3.63) is 29.8 Å². The predicted octanol–water partition coefficient (Wildman–Crippen LogP) is 2.02. The van der Waals surface area contributed by atoms with Crippen LogP contribution < -0.4 is 5.32 Å². The first-order chi connectivity index (χ1) is 12.0. The van der Waals surface area contributed by atoms with Gasteiger partial charge in [0.15, 0.2) is 0 Å². The molecule has 0 unspecified atom stereocenters. The van der Waals surface area contributed by atoms with Crippen molar-refractivity contribution in [1.29, 1.82) is 0 Å². The second-order valence-electron chi connectivity index (χ2n) is 6.48. The smallest absolute Gasteiger partial charge is 0.324 e. The summed E-state index contributed by atoms with van der Waals surface area (Å²) in [7, 11) is 0. The largest absolute Gasteiger partial charge is 0.341 e. The van der Waals surface area contributed by atoms with E-state index in [0.717, 1.165) is 17.7 Å². The van der Waals surface area contributed by atoms with E-state index in [1.54, 1.807) is 4.90 Å². The molecule has 0 atom stereocenters. The normalized spacial score (nSPS) is 19.1. The van der Waals surface area contributed by atoms with E-state index in [4.69, 9.17) is 0 Å². The second kappa shape index (κ2) is 7.91. The summed E-state index contributed by atoms with van der Waals surface area (Å²) in [6.45, 7) is 3.63. The van der Waals surface area contributed by atoms with E-state index >= 15 is 0 Å². The van der Waals surface area contributed by atoms with Gasteiger partial charge >= 0.3 is 6.03 Å². The molecule has 3 rings (SSSR count). The molecule has 0 spiro atoms. The van der Waals surface area contributed by atoms with Crippen LogP contribution in [0.25, 0.3) is 0 Å². The highest BCUT2D eigenvalue weighted by Gasteiger charge is 2.30. The number of rotatable bonds is 4. The number of benzene rings is 1. The minimum absolute atomic E-state index is 0.149. The Kier molecular flexibility index (Phi) is 5.63. The summed E-state index contributed by atoms with van der Waals surface area (Å²) in [6.07, 6.45) is 2.10. The number of amides is 4. The molecule has 1 aromatic carbocycles. The molecule has 2 aliphatic rings. The van der Waals surface area contributed by atoms with Gasteiger partial charge in [0.1, 0.15) is 6.54 Å². The van der Waals surface area contributed by atoms with Gasteiger partial charge in [-0.1, -0.05) is 17.7 Å². The van der Waals surface area contributed by atoms with Crippen LogP contribution >= 0.6 is 11.8 Å². The standard InChI is InChI=1S/C18H23N3O3S/c1-13-3-2-4-15(11-13)25-14-6-9-20(10-7-14)17(23)12-21-16(22)5-8-19-18(21)24/h2-4,11,14H,5-10,12H2,1H3,(H,19,24). The maximum Gasteiger partial charge on any atom is 0.324 e. The van der Waals surface area contributed by atoms with Gasteiger partial charge in [0.25, 0.3) is 0 Å². The molecule has 2 saturated heterocycles. The zero-order chi connectivity index (χ0) is 17.8. The van der Waals surface area contributed by atoms with E-state index in [2.05, 4.69) is 36.5 Å². The number of piperidine rings is 1. The molecule has 0 saturated carbocycles. The fourth-order valence-corrected chi connectivity index (χ4v) is 4.36. The van der Waals surface area contributed by atoms with Crippen LogP contribution in [0.1, 0.15) is 24.8 Å². The van der Waals surface area contributed by atoms with Gasteiger partial charge in [0.05, 0.1) is 0 Å². The Morgan fingerprint density at radius 3 is 2.72 bits per heavy atom. The molecule has 0 aliphatic carbocycles. The van der Waals surface area contributed by atoms with Crippen LogP contribution in [-0.2, 0) is 9.59 Å². The minimum Gasteiger partial charge on any atom is -0.341 e. The van der Waals surface area contributed by atoms with Gasteiger partial charge in [-0.2, -0.15) is 0 Å². The number of thioether (sulfide) groups is 1. The number of urea groups is 1. The molecular formula is C18H23N3O3S. The minimum atomic E-state index is -0.463. The average Bonchev–Trinajstić information content (AvgIpc) is 2.59. The van der Waals surface area contributed by atoms with E-state index in [1.807, 2.05) is 11.8 Å². The Labute approximate surface area is 151 Å². The number of carbonyl (C=O) groups is 3. The topological polar surface area (TPSA) is 69.7 Å². The Hall–Kier alpha value is -2.02. The molecule has 1 N–H and O–H groups in total. The van der Waals surface area contributed by atoms with Gasteiger partial charge in [-0.3, -0.25) is 14.5 Å². The van der Waals surface area contributed by atoms with Crippen LogP contribution in [0.5, 0.6) is 0 Å². The quantitative estimate of drug-likeness (QED) is 0.891. The molecule has 134 valence electrons. The summed E-state index contributed by atoms with van der Waals surface area (Å²) in [4.78, 5) is 40.0. The van der Waals surface area contributed by atoms with Crippen LogP contribution in [0.15, 0.2) is 29.2 Å². The van der Waals surface area contributed by atoms with E-state index in [9.17, 15) is 14.4 Å². The summed E-state index contributed by atoms with van der Waals surface area (Å²) >= 11 is 1.86. The second-order valence-corrected chi connectivity index (χ2v) is 7.85. The monoisotopic (exact) mass is 361 g/mol. The number of hydrogen-bond donors (Lipinski definition) is 1. The summed E-state index contributed by atoms with van der Waals surface area (Å²) < 4.78 is 0. The highest BCUT2D eigenvalue weighted by atomic mass is 32.2. The third-order valence-corrected chi connectivity index (χ3v) is 5.87. The van der Waals surface area contributed by atoms with Crippen molar-refractivity contribution < 1.29 is 14.4 Å². The van der Waals surface area contributed by atoms with E-state index in [-0.39, 0.29) is 24.8 Å². The highest BCUT2D eigenvalue weighted by molar-refractivity contribution is 8.00. The number of carbonyl (C=O) groups excluding carboxylic acids is 3. The number of likely N-dealkylation sites (tertiary alicyclic amines) is 1. The Balaban J connectivity index is 1.49. The molecule has 25 heavy (non-hydrogen) atoms. The van der Waals surface area contributed by atoms with E-state index < -0.39 is 6.03 Å². The fraction of sp³-hybridized carbons (Fsp3) is 0.500. The first kappa shape index (κ1) is 17.8. The maximum atomic E-state index is 12.4. The summed E-state index contributed by atoms with van der Waals surface area (Å²) in [6, 6.07) is 7.99. The molecule has 4 amide bonds. The van der Waals surface area contributed by atoms with Crippen molar-refractivity contribution in [2.75, 3.05) is 26.2 Å². The van der Waals surface area contributed by atoms with Crippen molar-refractivity contribution in [1.82, 2.24) is 15.1 Å². The predicted molar refractivity (Wildman–Crippen MR) is 96.4 cm³/mol. The number of hydrogen-bond acceptors (Lipinski definition) is 4. The van der Waals surface area contributed by atoms with Gasteiger partial charge in [0, 0.05) is 36.2 Å². The zero-order valence-corrected chi connectivity index (χ0v) is 15.2. The lowest BCUT2D eigenvalue weighted by atomic mass is 10.1. The van der Waals surface area contributed by atoms with Crippen molar-refractivity contribution in [3.8, 4) is 0 Å². The molecule has 1 aromatic rings. The number of nitrogens with one attached hydrogen (secondary N) is 1. The third-order valence-electron chi connectivity index (χ3n) is 4.54. The molecule has 7 heteroatoms. The first-order valence-electron chi connectivity index (χ1n) is 8.62. The number of nitrogens with zero attached hydrogens (tertiary/aromatic N) is 2. The van der Waals surface area contributed by atoms with Crippen LogP contribution in [0.2, 0.25) is 0 Å². The molecule has 2 fully saturated rings. The summed E-state index contributed by atoms with van der Waals surface area (Å²) in [5.41, 5.74) is 1.25. The average molecular weight is 361 g/mol. The molecule has 0 radical (unpaired) electrons. The first-order valence-corrected chi connectivity index (χ1v) is 9.50. The number of imide groups is 1. The van der Waals surface area contributed by atoms with Crippen molar-refractivity contribution in [2.45, 2.75) is 36.3 Å². The van der Waals surface area contributed by atoms with Gasteiger partial charge in [0.2, 0.25) is 11.8 Å². The summed E-state index contributed by atoms with van der Waals surface area (Å²) in [5, 5.41) is 3.09. The lowest BCUT2D eigenvalue weighted by Crippen LogP contribution is -2.54. The van der Waals surface area contributed by atoms with Crippen LogP contribution in [0.3, 0.4) is 0 Å². The molecule has 0 bridgehead atoms. The number of aryl methyl sites for hydroxylation is 1. The Morgan fingerprint density at radius 2 is 2.04 bits per heavy atom. The van der Waals surface area contributed by atoms with Crippen molar-refractivity contribution in [2.24, 2.45) is 0 Å². The fourth-order valence-electron chi connectivity index (χ4n) is 3.12. The third kappa shape index (κ3) is 4.54. The molecular weight excluding hydrogens is 338 g/mol. The maximum absolute atomic E-state index is 12.4. The molecule has 2 heterocycles. The van der Waals surface area contributed by atoms with Crippen molar-refractivity contribution in [3.63, 3.8) is 0 Å². The zero-order valence-electron chi connectivity index (χ0n) is 14.4. The van der Waals surface area contributed by atoms with E-state index in [1.165, 1.54) is 10.5 Å². The van der Waals surface area contributed by atoms with Gasteiger partial charge in [-0.15, -0.1) is 11.8 Å². The lowest BCUT2D eigenvalue weighted by molar-refractivity contribution is -0.139. The highest BCUT2D eigenvalue weighted by Crippen LogP contribution is 2.30. The van der Waals surface area contributed by atoms with Crippen LogP contribution in [0, 0.1) is 6.92 Å². The molecule has 0 aromatic heterocycles. The molecule has 2 aliphatic heterocycles. The Morgan fingerprint density at radius 1 is 1.28 bits per heavy atom. The summed E-state index contributed by atoms with van der Waals surface area (Å²) in [5.74, 6) is -0.425. The van der Waals surface area contributed by atoms with E-state index in [0.29, 0.717) is 24.9 Å². The van der Waals surface area contributed by atoms with Crippen LogP contribution in [-0.4, -0.2) is 59.1 Å². The van der Waals surface area contributed by atoms with Crippen molar-refractivity contribution >= 4 is 29.6 Å². The Bertz CT molecular complexity index is 655.